The van der Waals surface area contributed by atoms with E-state index >= 15 is 0 Å². The Balaban J connectivity index is 1.23. The molecule has 12 aromatic rings. The third kappa shape index (κ3) is 5.50. The Morgan fingerprint density at radius 2 is 0.633 bits per heavy atom. The van der Waals surface area contributed by atoms with Gasteiger partial charge >= 0.3 is 0 Å². The minimum atomic E-state index is 0.703. The average molecular weight is 761 g/mol. The van der Waals surface area contributed by atoms with Crippen LogP contribution in [0.2, 0.25) is 0 Å². The molecule has 0 aliphatic carbocycles. The fraction of sp³-hybridized carbons (Fsp3) is 0. The van der Waals surface area contributed by atoms with Crippen LogP contribution in [0.15, 0.2) is 218 Å². The summed E-state index contributed by atoms with van der Waals surface area (Å²) in [6, 6.07) is 79.0. The van der Waals surface area contributed by atoms with Crippen molar-refractivity contribution < 1.29 is 0 Å². The summed E-state index contributed by atoms with van der Waals surface area (Å²) in [7, 11) is 0. The molecule has 1 aromatic heterocycles. The summed E-state index contributed by atoms with van der Waals surface area (Å²) in [6.07, 6.45) is 0. The molecule has 11 aromatic carbocycles. The molecular formula is C58H36N2. The smallest absolute Gasteiger partial charge is 0.160 e. The molecule has 0 spiro atoms. The van der Waals surface area contributed by atoms with Gasteiger partial charge in [-0.05, 0) is 111 Å². The minimum Gasteiger partial charge on any atom is -0.228 e. The van der Waals surface area contributed by atoms with Gasteiger partial charge in [0.1, 0.15) is 0 Å². The summed E-state index contributed by atoms with van der Waals surface area (Å²) in [5.41, 5.74) is 9.75. The molecule has 0 atom stereocenters. The third-order valence-corrected chi connectivity index (χ3v) is 12.2. The van der Waals surface area contributed by atoms with Crippen LogP contribution in [0.1, 0.15) is 0 Å². The molecule has 0 saturated heterocycles. The van der Waals surface area contributed by atoms with Crippen LogP contribution in [-0.2, 0) is 0 Å². The molecule has 0 fully saturated rings. The van der Waals surface area contributed by atoms with E-state index in [1.165, 1.54) is 86.9 Å². The average Bonchev–Trinajstić information content (AvgIpc) is 3.33. The maximum atomic E-state index is 5.31. The van der Waals surface area contributed by atoms with Crippen LogP contribution in [0.5, 0.6) is 0 Å². The zero-order chi connectivity index (χ0) is 39.6. The maximum absolute atomic E-state index is 5.31. The molecule has 12 rings (SSSR count). The molecule has 0 aliphatic heterocycles. The van der Waals surface area contributed by atoms with Gasteiger partial charge in [-0.15, -0.1) is 0 Å². The van der Waals surface area contributed by atoms with Crippen molar-refractivity contribution in [2.75, 3.05) is 0 Å². The first-order chi connectivity index (χ1) is 29.8. The van der Waals surface area contributed by atoms with E-state index in [-0.39, 0.29) is 0 Å². The van der Waals surface area contributed by atoms with Crippen LogP contribution in [0.25, 0.3) is 121 Å². The molecule has 0 saturated carbocycles. The third-order valence-electron chi connectivity index (χ3n) is 12.2. The molecule has 0 radical (unpaired) electrons. The van der Waals surface area contributed by atoms with E-state index < -0.39 is 0 Å². The van der Waals surface area contributed by atoms with Gasteiger partial charge in [0.05, 0.1) is 11.4 Å². The molecule has 0 bridgehead atoms. The number of hydrogen-bond acceptors (Lipinski definition) is 2. The van der Waals surface area contributed by atoms with Crippen molar-refractivity contribution >= 4 is 64.6 Å². The summed E-state index contributed by atoms with van der Waals surface area (Å²) in [5, 5.41) is 14.8. The number of benzene rings is 11. The molecule has 60 heavy (non-hydrogen) atoms. The second kappa shape index (κ2) is 13.9. The lowest BCUT2D eigenvalue weighted by atomic mass is 9.82. The van der Waals surface area contributed by atoms with Crippen molar-refractivity contribution in [1.29, 1.82) is 0 Å². The van der Waals surface area contributed by atoms with E-state index in [4.69, 9.17) is 9.97 Å². The Hall–Kier alpha value is -7.94. The summed E-state index contributed by atoms with van der Waals surface area (Å²) in [5.74, 6) is 0.703. The van der Waals surface area contributed by atoms with Crippen LogP contribution in [0.3, 0.4) is 0 Å². The van der Waals surface area contributed by atoms with Gasteiger partial charge in [-0.25, -0.2) is 9.97 Å². The van der Waals surface area contributed by atoms with Crippen LogP contribution >= 0.6 is 0 Å². The van der Waals surface area contributed by atoms with E-state index in [1.807, 2.05) is 24.3 Å². The standard InChI is InChI=1S/C58H36N2/c1-3-17-37(18-4-1)54-36-55(60-58(59-54)38-19-5-2-6-20-38)41-31-32-50-53(35-41)57(52-34-40-22-8-10-24-43(40)45-26-12-14-28-47(45)52)49-30-16-15-29-48(49)56(50)51-33-39-21-7-9-23-42(39)44-25-11-13-27-46(44)51/h1-36H. The largest absolute Gasteiger partial charge is 0.228 e. The summed E-state index contributed by atoms with van der Waals surface area (Å²) < 4.78 is 0. The second-order valence-electron chi connectivity index (χ2n) is 15.6. The molecule has 1 heterocycles. The highest BCUT2D eigenvalue weighted by Gasteiger charge is 2.22. The van der Waals surface area contributed by atoms with Gasteiger partial charge in [-0.1, -0.05) is 194 Å². The quantitative estimate of drug-likeness (QED) is 0.129. The Morgan fingerprint density at radius 3 is 1.18 bits per heavy atom. The van der Waals surface area contributed by atoms with E-state index in [0.717, 1.165) is 28.1 Å². The Bertz CT molecular complexity index is 3590. The molecule has 278 valence electrons. The van der Waals surface area contributed by atoms with E-state index in [0.29, 0.717) is 5.82 Å². The minimum absolute atomic E-state index is 0.703. The highest BCUT2D eigenvalue weighted by Crippen LogP contribution is 2.49. The van der Waals surface area contributed by atoms with Crippen molar-refractivity contribution in [3.8, 4) is 56.2 Å². The Kier molecular flexibility index (Phi) is 7.89. The van der Waals surface area contributed by atoms with Gasteiger partial charge in [0, 0.05) is 16.7 Å². The first-order valence-electron chi connectivity index (χ1n) is 20.6. The van der Waals surface area contributed by atoms with Crippen molar-refractivity contribution in [2.45, 2.75) is 0 Å². The van der Waals surface area contributed by atoms with Crippen molar-refractivity contribution in [1.82, 2.24) is 9.97 Å². The summed E-state index contributed by atoms with van der Waals surface area (Å²) in [6.45, 7) is 0. The number of fused-ring (bicyclic) bond motifs is 8. The number of rotatable bonds is 5. The highest BCUT2D eigenvalue weighted by molar-refractivity contribution is 6.28. The van der Waals surface area contributed by atoms with Gasteiger partial charge < -0.3 is 0 Å². The van der Waals surface area contributed by atoms with E-state index in [2.05, 4.69) is 194 Å². The molecule has 0 unspecified atom stereocenters. The fourth-order valence-corrected chi connectivity index (χ4v) is 9.51. The lowest BCUT2D eigenvalue weighted by molar-refractivity contribution is 1.18. The zero-order valence-electron chi connectivity index (χ0n) is 32.7. The zero-order valence-corrected chi connectivity index (χ0v) is 32.7. The number of nitrogens with zero attached hydrogens (tertiary/aromatic N) is 2. The SMILES string of the molecule is c1ccc(-c2cc(-c3ccc4c(-c5cc6ccccc6c6ccccc56)c5ccccc5c(-c5cc6ccccc6c6ccccc56)c4c3)nc(-c3ccccc3)n2)cc1. The molecular weight excluding hydrogens is 725 g/mol. The predicted octanol–water partition coefficient (Wildman–Crippen LogP) is 15.7. The van der Waals surface area contributed by atoms with Crippen LogP contribution in [-0.4, -0.2) is 9.97 Å². The van der Waals surface area contributed by atoms with E-state index in [1.54, 1.807) is 0 Å². The van der Waals surface area contributed by atoms with Crippen molar-refractivity contribution in [3.05, 3.63) is 218 Å². The molecule has 0 aliphatic rings. The maximum Gasteiger partial charge on any atom is 0.160 e. The normalized spacial score (nSPS) is 11.7. The van der Waals surface area contributed by atoms with Gasteiger partial charge in [-0.3, -0.25) is 0 Å². The van der Waals surface area contributed by atoms with Gasteiger partial charge in [0.15, 0.2) is 5.82 Å². The van der Waals surface area contributed by atoms with Crippen molar-refractivity contribution in [3.63, 3.8) is 0 Å². The number of hydrogen-bond donors (Lipinski definition) is 0. The number of aromatic nitrogens is 2. The van der Waals surface area contributed by atoms with Gasteiger partial charge in [-0.2, -0.15) is 0 Å². The fourth-order valence-electron chi connectivity index (χ4n) is 9.51. The van der Waals surface area contributed by atoms with Gasteiger partial charge in [0.25, 0.3) is 0 Å². The molecule has 0 N–H and O–H groups in total. The topological polar surface area (TPSA) is 25.8 Å². The first kappa shape index (κ1) is 34.1. The lowest BCUT2D eigenvalue weighted by Crippen LogP contribution is -1.97. The monoisotopic (exact) mass is 760 g/mol. The van der Waals surface area contributed by atoms with E-state index in [9.17, 15) is 0 Å². The highest BCUT2D eigenvalue weighted by atomic mass is 14.9. The summed E-state index contributed by atoms with van der Waals surface area (Å²) in [4.78, 5) is 10.4. The molecule has 0 amide bonds. The Labute approximate surface area is 347 Å². The summed E-state index contributed by atoms with van der Waals surface area (Å²) >= 11 is 0. The lowest BCUT2D eigenvalue weighted by Gasteiger charge is -2.21. The van der Waals surface area contributed by atoms with Crippen LogP contribution in [0.4, 0.5) is 0 Å². The second-order valence-corrected chi connectivity index (χ2v) is 15.6. The van der Waals surface area contributed by atoms with Gasteiger partial charge in [0.2, 0.25) is 0 Å². The predicted molar refractivity (Wildman–Crippen MR) is 254 cm³/mol. The first-order valence-corrected chi connectivity index (χ1v) is 20.6. The van der Waals surface area contributed by atoms with Crippen LogP contribution < -0.4 is 0 Å². The molecule has 2 heteroatoms. The Morgan fingerprint density at radius 1 is 0.233 bits per heavy atom. The van der Waals surface area contributed by atoms with Crippen LogP contribution in [0, 0.1) is 0 Å². The molecule has 2 nitrogen and oxygen atoms in total. The van der Waals surface area contributed by atoms with Crippen molar-refractivity contribution in [2.24, 2.45) is 0 Å².